The molecule has 0 aliphatic carbocycles. The van der Waals surface area contributed by atoms with E-state index in [-0.39, 0.29) is 18.7 Å². The Morgan fingerprint density at radius 1 is 0.872 bits per heavy atom. The van der Waals surface area contributed by atoms with Crippen LogP contribution in [0.4, 0.5) is 0 Å². The zero-order valence-corrected chi connectivity index (χ0v) is 24.0. The molecule has 0 saturated carbocycles. The maximum atomic E-state index is 14.2. The molecule has 39 heavy (non-hydrogen) atoms. The summed E-state index contributed by atoms with van der Waals surface area (Å²) in [6, 6.07) is 14.0. The van der Waals surface area contributed by atoms with Crippen molar-refractivity contribution in [2.45, 2.75) is 37.5 Å². The van der Waals surface area contributed by atoms with Gasteiger partial charge in [0.2, 0.25) is 5.03 Å². The third-order valence-electron chi connectivity index (χ3n) is 6.19. The van der Waals surface area contributed by atoms with Crippen molar-refractivity contribution in [2.24, 2.45) is 0 Å². The Balaban J connectivity index is 2.15. The summed E-state index contributed by atoms with van der Waals surface area (Å²) in [6.07, 6.45) is 1.27. The topological polar surface area (TPSA) is 120 Å². The summed E-state index contributed by atoms with van der Waals surface area (Å²) in [6.45, 7) is 3.03. The molecule has 0 N–H and O–H groups in total. The number of nitrogens with zero attached hydrogens (tertiary/aromatic N) is 4. The van der Waals surface area contributed by atoms with Gasteiger partial charge in [0.15, 0.2) is 5.54 Å². The molecule has 1 aromatic heterocycles. The first kappa shape index (κ1) is 29.7. The van der Waals surface area contributed by atoms with E-state index in [0.29, 0.717) is 22.6 Å². The number of esters is 1. The monoisotopic (exact) mass is 558 g/mol. The van der Waals surface area contributed by atoms with Gasteiger partial charge in [0.05, 0.1) is 26.9 Å². The van der Waals surface area contributed by atoms with Crippen LogP contribution in [0, 0.1) is 0 Å². The summed E-state index contributed by atoms with van der Waals surface area (Å²) in [5, 5.41) is 3.83. The minimum absolute atomic E-state index is 0.0127. The number of carbonyl (C=O) groups excluding carboxylic acids is 2. The van der Waals surface area contributed by atoms with E-state index in [1.165, 1.54) is 50.5 Å². The van der Waals surface area contributed by atoms with E-state index in [4.69, 9.17) is 14.2 Å². The first-order chi connectivity index (χ1) is 18.3. The van der Waals surface area contributed by atoms with Crippen LogP contribution in [-0.2, 0) is 38.2 Å². The van der Waals surface area contributed by atoms with Gasteiger partial charge in [0.1, 0.15) is 11.5 Å². The number of methoxy groups -OCH3 is 3. The number of benzene rings is 2. The SMILES string of the molecule is COC(=O)C(C)(C)n1cc(C(=O)N(C)C)c(S(=O)(=O)N(Cc2ccc(OC)cc2)Cc2ccc(OC)cc2)n1. The number of rotatable bonds is 11. The molecule has 210 valence electrons. The molecule has 0 bridgehead atoms. The summed E-state index contributed by atoms with van der Waals surface area (Å²) < 4.78 is 46.2. The maximum Gasteiger partial charge on any atom is 0.333 e. The second kappa shape index (κ2) is 11.9. The molecule has 12 heteroatoms. The molecule has 0 saturated heterocycles. The normalized spacial score (nSPS) is 11.8. The summed E-state index contributed by atoms with van der Waals surface area (Å²) in [4.78, 5) is 26.8. The van der Waals surface area contributed by atoms with E-state index in [9.17, 15) is 18.0 Å². The van der Waals surface area contributed by atoms with E-state index >= 15 is 0 Å². The Kier molecular flexibility index (Phi) is 9.03. The highest BCUT2D eigenvalue weighted by Crippen LogP contribution is 2.28. The molecule has 11 nitrogen and oxygen atoms in total. The number of aromatic nitrogens is 2. The van der Waals surface area contributed by atoms with Crippen LogP contribution in [0.25, 0.3) is 0 Å². The number of hydrogen-bond acceptors (Lipinski definition) is 8. The maximum absolute atomic E-state index is 14.2. The molecule has 0 radical (unpaired) electrons. The second-order valence-electron chi connectivity index (χ2n) is 9.51. The molecule has 0 atom stereocenters. The first-order valence-electron chi connectivity index (χ1n) is 12.0. The van der Waals surface area contributed by atoms with Crippen LogP contribution < -0.4 is 9.47 Å². The Labute approximate surface area is 228 Å². The van der Waals surface area contributed by atoms with Crippen LogP contribution in [0.3, 0.4) is 0 Å². The van der Waals surface area contributed by atoms with Crippen LogP contribution >= 0.6 is 0 Å². The molecule has 1 amide bonds. The fraction of sp³-hybridized carbons (Fsp3) is 0.370. The molecule has 1 heterocycles. The fourth-order valence-corrected chi connectivity index (χ4v) is 5.27. The fourth-order valence-electron chi connectivity index (χ4n) is 3.78. The number of ether oxygens (including phenoxy) is 3. The van der Waals surface area contributed by atoms with Crippen molar-refractivity contribution in [3.8, 4) is 11.5 Å². The number of amides is 1. The van der Waals surface area contributed by atoms with E-state index in [0.717, 1.165) is 4.68 Å². The molecule has 3 rings (SSSR count). The molecule has 0 aliphatic heterocycles. The van der Waals surface area contributed by atoms with Gasteiger partial charge in [-0.2, -0.15) is 9.40 Å². The van der Waals surface area contributed by atoms with Crippen molar-refractivity contribution in [2.75, 3.05) is 35.4 Å². The van der Waals surface area contributed by atoms with Gasteiger partial charge >= 0.3 is 5.97 Å². The number of sulfonamides is 1. The van der Waals surface area contributed by atoms with Gasteiger partial charge in [0, 0.05) is 33.4 Å². The number of carbonyl (C=O) groups is 2. The Hall–Kier alpha value is -3.90. The predicted octanol–water partition coefficient (Wildman–Crippen LogP) is 2.90. The van der Waals surface area contributed by atoms with Gasteiger partial charge in [-0.05, 0) is 49.2 Å². The zero-order valence-electron chi connectivity index (χ0n) is 23.2. The van der Waals surface area contributed by atoms with Gasteiger partial charge in [-0.3, -0.25) is 9.48 Å². The summed E-state index contributed by atoms with van der Waals surface area (Å²) in [7, 11) is 2.96. The summed E-state index contributed by atoms with van der Waals surface area (Å²) in [5.74, 6) is 0.0392. The molecule has 0 aliphatic rings. The van der Waals surface area contributed by atoms with E-state index < -0.39 is 32.5 Å². The molecule has 3 aromatic rings. The van der Waals surface area contributed by atoms with Crippen LogP contribution in [-0.4, -0.2) is 74.7 Å². The quantitative estimate of drug-likeness (QED) is 0.330. The van der Waals surface area contributed by atoms with E-state index in [1.807, 2.05) is 0 Å². The molecule has 0 unspecified atom stereocenters. The van der Waals surface area contributed by atoms with E-state index in [2.05, 4.69) is 5.10 Å². The van der Waals surface area contributed by atoms with Gasteiger partial charge in [0.25, 0.3) is 15.9 Å². The molecule has 0 spiro atoms. The molecular formula is C27H34N4O7S. The van der Waals surface area contributed by atoms with Gasteiger partial charge in [-0.1, -0.05) is 24.3 Å². The van der Waals surface area contributed by atoms with Gasteiger partial charge < -0.3 is 19.1 Å². The van der Waals surface area contributed by atoms with Crippen LogP contribution in [0.5, 0.6) is 11.5 Å². The predicted molar refractivity (Wildman–Crippen MR) is 144 cm³/mol. The minimum atomic E-state index is -4.37. The Bertz CT molecular complexity index is 1360. The molecule has 2 aromatic carbocycles. The lowest BCUT2D eigenvalue weighted by Gasteiger charge is -2.23. The van der Waals surface area contributed by atoms with Gasteiger partial charge in [-0.15, -0.1) is 0 Å². The Morgan fingerprint density at radius 2 is 1.33 bits per heavy atom. The van der Waals surface area contributed by atoms with Crippen molar-refractivity contribution in [3.63, 3.8) is 0 Å². The van der Waals surface area contributed by atoms with Crippen LogP contribution in [0.15, 0.2) is 59.8 Å². The van der Waals surface area contributed by atoms with Crippen molar-refractivity contribution >= 4 is 21.9 Å². The Morgan fingerprint density at radius 3 is 1.72 bits per heavy atom. The van der Waals surface area contributed by atoms with Crippen molar-refractivity contribution in [1.29, 1.82) is 0 Å². The number of hydrogen-bond donors (Lipinski definition) is 0. The summed E-state index contributed by atoms with van der Waals surface area (Å²) in [5.41, 5.74) is -0.141. The first-order valence-corrected chi connectivity index (χ1v) is 13.4. The van der Waals surface area contributed by atoms with Crippen molar-refractivity contribution < 1.29 is 32.2 Å². The lowest BCUT2D eigenvalue weighted by molar-refractivity contribution is -0.150. The summed E-state index contributed by atoms with van der Waals surface area (Å²) >= 11 is 0. The highest BCUT2D eigenvalue weighted by atomic mass is 32.2. The highest BCUT2D eigenvalue weighted by Gasteiger charge is 2.39. The molecular weight excluding hydrogens is 524 g/mol. The third-order valence-corrected chi connectivity index (χ3v) is 7.92. The lowest BCUT2D eigenvalue weighted by atomic mass is 10.1. The molecule has 0 fully saturated rings. The average Bonchev–Trinajstić information content (AvgIpc) is 3.40. The third kappa shape index (κ3) is 6.40. The largest absolute Gasteiger partial charge is 0.497 e. The van der Waals surface area contributed by atoms with E-state index in [1.54, 1.807) is 62.8 Å². The average molecular weight is 559 g/mol. The highest BCUT2D eigenvalue weighted by molar-refractivity contribution is 7.89. The van der Waals surface area contributed by atoms with Crippen LogP contribution in [0.2, 0.25) is 0 Å². The van der Waals surface area contributed by atoms with Crippen LogP contribution in [0.1, 0.15) is 35.3 Å². The smallest absolute Gasteiger partial charge is 0.333 e. The van der Waals surface area contributed by atoms with Crippen molar-refractivity contribution in [3.05, 3.63) is 71.4 Å². The second-order valence-corrected chi connectivity index (χ2v) is 11.4. The lowest BCUT2D eigenvalue weighted by Crippen LogP contribution is -2.37. The standard InChI is InChI=1S/C27H34N4O7S/c1-27(2,26(33)38-7)31-18-23(25(32)29(3)4)24(28-31)39(34,35)30(16-19-8-12-21(36-5)13-9-19)17-20-10-14-22(37-6)15-11-20/h8-15,18H,16-17H2,1-7H3. The zero-order chi connectivity index (χ0) is 29.0. The van der Waals surface area contributed by atoms with Crippen molar-refractivity contribution in [1.82, 2.24) is 19.0 Å². The minimum Gasteiger partial charge on any atom is -0.497 e. The van der Waals surface area contributed by atoms with Gasteiger partial charge in [-0.25, -0.2) is 13.2 Å².